The number of aromatic nitrogens is 2. The largest absolute Gasteiger partial charge is 0.441 e. The number of oxazole rings is 1. The number of hydrazine groups is 1. The lowest BCUT2D eigenvalue weighted by atomic mass is 10.2. The highest BCUT2D eigenvalue weighted by Crippen LogP contribution is 2.28. The van der Waals surface area contributed by atoms with E-state index >= 15 is 0 Å². The van der Waals surface area contributed by atoms with Crippen LogP contribution in [0.3, 0.4) is 0 Å². The van der Waals surface area contributed by atoms with Gasteiger partial charge in [-0.25, -0.2) is 4.98 Å². The predicted octanol–water partition coefficient (Wildman–Crippen LogP) is 4.80. The van der Waals surface area contributed by atoms with E-state index in [1.165, 1.54) is 0 Å². The van der Waals surface area contributed by atoms with Crippen LogP contribution in [0.25, 0.3) is 17.0 Å². The lowest BCUT2D eigenvalue weighted by Gasteiger charge is -2.10. The zero-order valence-electron chi connectivity index (χ0n) is 18.3. The zero-order chi connectivity index (χ0) is 23.4. The molecule has 0 saturated heterocycles. The first kappa shape index (κ1) is 22.4. The van der Waals surface area contributed by atoms with Gasteiger partial charge in [-0.05, 0) is 44.2 Å². The van der Waals surface area contributed by atoms with Crippen LogP contribution < -0.4 is 10.9 Å². The molecule has 0 atom stereocenters. The molecule has 2 aromatic heterocycles. The highest BCUT2D eigenvalue weighted by atomic mass is 35.5. The Kier molecular flexibility index (Phi) is 6.60. The topological polar surface area (TPSA) is 89.2 Å². The quantitative estimate of drug-likeness (QED) is 0.403. The normalized spacial score (nSPS) is 10.8. The summed E-state index contributed by atoms with van der Waals surface area (Å²) in [5.41, 5.74) is 8.86. The van der Waals surface area contributed by atoms with Gasteiger partial charge in [-0.1, -0.05) is 41.9 Å². The van der Waals surface area contributed by atoms with Crippen molar-refractivity contribution in [2.75, 3.05) is 0 Å². The van der Waals surface area contributed by atoms with Crippen LogP contribution in [0.4, 0.5) is 0 Å². The number of amides is 2. The number of hydrogen-bond acceptors (Lipinski definition) is 4. The summed E-state index contributed by atoms with van der Waals surface area (Å²) in [4.78, 5) is 29.1. The van der Waals surface area contributed by atoms with Gasteiger partial charge in [-0.3, -0.25) is 20.4 Å². The van der Waals surface area contributed by atoms with Crippen LogP contribution in [0.15, 0.2) is 71.3 Å². The van der Waals surface area contributed by atoms with Crippen molar-refractivity contribution in [3.8, 4) is 17.0 Å². The number of carbonyl (C=O) groups is 2. The maximum Gasteiger partial charge on any atom is 0.271 e. The summed E-state index contributed by atoms with van der Waals surface area (Å²) in [6.45, 7) is 3.80. The van der Waals surface area contributed by atoms with Crippen molar-refractivity contribution in [1.29, 1.82) is 0 Å². The summed E-state index contributed by atoms with van der Waals surface area (Å²) < 4.78 is 7.70. The number of para-hydroxylation sites is 1. The van der Waals surface area contributed by atoms with E-state index in [0.29, 0.717) is 22.2 Å². The minimum absolute atomic E-state index is 0.103. The number of nitrogens with one attached hydrogen (secondary N) is 2. The molecule has 0 bridgehead atoms. The van der Waals surface area contributed by atoms with Gasteiger partial charge in [0.05, 0.1) is 16.8 Å². The van der Waals surface area contributed by atoms with E-state index in [1.54, 1.807) is 18.3 Å². The van der Waals surface area contributed by atoms with E-state index < -0.39 is 0 Å². The van der Waals surface area contributed by atoms with Crippen LogP contribution in [-0.4, -0.2) is 21.4 Å². The Balaban J connectivity index is 1.33. The second kappa shape index (κ2) is 9.75. The average molecular weight is 463 g/mol. The second-order valence-electron chi connectivity index (χ2n) is 7.56. The van der Waals surface area contributed by atoms with Crippen molar-refractivity contribution in [3.05, 3.63) is 94.7 Å². The van der Waals surface area contributed by atoms with Crippen molar-refractivity contribution >= 4 is 23.4 Å². The van der Waals surface area contributed by atoms with E-state index in [0.717, 1.165) is 22.6 Å². The predicted molar refractivity (Wildman–Crippen MR) is 126 cm³/mol. The molecule has 0 aliphatic heterocycles. The third kappa shape index (κ3) is 4.99. The highest BCUT2D eigenvalue weighted by molar-refractivity contribution is 6.33. The molecule has 4 aromatic rings. The Morgan fingerprint density at radius 3 is 2.52 bits per heavy atom. The Morgan fingerprint density at radius 1 is 1.03 bits per heavy atom. The van der Waals surface area contributed by atoms with Gasteiger partial charge in [-0.2, -0.15) is 0 Å². The Hall–Kier alpha value is -3.84. The fourth-order valence-corrected chi connectivity index (χ4v) is 3.88. The van der Waals surface area contributed by atoms with Gasteiger partial charge in [-0.15, -0.1) is 0 Å². The first-order chi connectivity index (χ1) is 15.9. The van der Waals surface area contributed by atoms with Crippen molar-refractivity contribution in [2.24, 2.45) is 0 Å². The summed E-state index contributed by atoms with van der Waals surface area (Å²) in [6.07, 6.45) is 1.97. The fourth-order valence-electron chi connectivity index (χ4n) is 3.66. The molecule has 0 fully saturated rings. The molecular formula is C25H23ClN4O3. The van der Waals surface area contributed by atoms with E-state index in [1.807, 2.05) is 66.9 Å². The number of aryl methyl sites for hydroxylation is 2. The van der Waals surface area contributed by atoms with Crippen LogP contribution in [-0.2, 0) is 11.2 Å². The minimum atomic E-state index is -0.379. The summed E-state index contributed by atoms with van der Waals surface area (Å²) in [7, 11) is 0. The zero-order valence-corrected chi connectivity index (χ0v) is 19.0. The van der Waals surface area contributed by atoms with Crippen LogP contribution in [0.5, 0.6) is 0 Å². The number of carbonyl (C=O) groups excluding carboxylic acids is 2. The molecular weight excluding hydrogens is 440 g/mol. The van der Waals surface area contributed by atoms with Crippen LogP contribution in [0.1, 0.15) is 34.1 Å². The summed E-state index contributed by atoms with van der Waals surface area (Å²) in [5.74, 6) is 0.226. The maximum absolute atomic E-state index is 12.7. The smallest absolute Gasteiger partial charge is 0.271 e. The molecule has 0 saturated carbocycles. The molecule has 2 aromatic carbocycles. The number of nitrogens with zero attached hydrogens (tertiary/aromatic N) is 2. The lowest BCUT2D eigenvalue weighted by Crippen LogP contribution is -2.41. The molecule has 0 unspecified atom stereocenters. The highest BCUT2D eigenvalue weighted by Gasteiger charge is 2.17. The monoisotopic (exact) mass is 462 g/mol. The Morgan fingerprint density at radius 2 is 1.76 bits per heavy atom. The van der Waals surface area contributed by atoms with Gasteiger partial charge in [0.2, 0.25) is 5.91 Å². The lowest BCUT2D eigenvalue weighted by molar-refractivity contribution is -0.121. The number of halogens is 1. The molecule has 168 valence electrons. The Labute approximate surface area is 196 Å². The van der Waals surface area contributed by atoms with Gasteiger partial charge in [0.25, 0.3) is 5.91 Å². The molecule has 4 rings (SSSR count). The molecule has 0 aliphatic rings. The van der Waals surface area contributed by atoms with Gasteiger partial charge in [0, 0.05) is 35.5 Å². The molecule has 2 heterocycles. The first-order valence-corrected chi connectivity index (χ1v) is 10.8. The SMILES string of the molecule is Cc1cc(C(=O)NNC(=O)CCc2ncc(-c3ccccc3Cl)o2)c(C)n1-c1ccccc1. The van der Waals surface area contributed by atoms with Crippen LogP contribution in [0, 0.1) is 13.8 Å². The second-order valence-corrected chi connectivity index (χ2v) is 7.96. The number of rotatable bonds is 6. The first-order valence-electron chi connectivity index (χ1n) is 10.5. The van der Waals surface area contributed by atoms with Crippen molar-refractivity contribution in [1.82, 2.24) is 20.4 Å². The van der Waals surface area contributed by atoms with Crippen molar-refractivity contribution in [3.63, 3.8) is 0 Å². The third-order valence-electron chi connectivity index (χ3n) is 5.26. The molecule has 0 aliphatic carbocycles. The van der Waals surface area contributed by atoms with Gasteiger partial charge in [0.15, 0.2) is 11.7 Å². The Bertz CT molecular complexity index is 1290. The van der Waals surface area contributed by atoms with Crippen LogP contribution in [0.2, 0.25) is 5.02 Å². The molecule has 33 heavy (non-hydrogen) atoms. The van der Waals surface area contributed by atoms with E-state index in [4.69, 9.17) is 16.0 Å². The van der Waals surface area contributed by atoms with E-state index in [9.17, 15) is 9.59 Å². The van der Waals surface area contributed by atoms with Gasteiger partial charge in [0.1, 0.15) is 0 Å². The summed E-state index contributed by atoms with van der Waals surface area (Å²) in [5, 5.41) is 0.562. The number of benzene rings is 2. The fraction of sp³-hybridized carbons (Fsp3) is 0.160. The van der Waals surface area contributed by atoms with E-state index in [-0.39, 0.29) is 24.7 Å². The molecule has 2 N–H and O–H groups in total. The maximum atomic E-state index is 12.7. The molecule has 2 amide bonds. The van der Waals surface area contributed by atoms with E-state index in [2.05, 4.69) is 15.8 Å². The van der Waals surface area contributed by atoms with Crippen molar-refractivity contribution < 1.29 is 14.0 Å². The average Bonchev–Trinajstić information content (AvgIpc) is 3.41. The van der Waals surface area contributed by atoms with Crippen LogP contribution >= 0.6 is 11.6 Å². The van der Waals surface area contributed by atoms with Crippen molar-refractivity contribution in [2.45, 2.75) is 26.7 Å². The van der Waals surface area contributed by atoms with Gasteiger partial charge < -0.3 is 8.98 Å². The molecule has 0 spiro atoms. The molecule has 7 nitrogen and oxygen atoms in total. The summed E-state index contributed by atoms with van der Waals surface area (Å²) in [6, 6.07) is 18.9. The third-order valence-corrected chi connectivity index (χ3v) is 5.59. The standard InChI is InChI=1S/C25H23ClN4O3/c1-16-14-20(17(2)30(16)18-8-4-3-5-9-18)25(32)29-28-23(31)12-13-24-27-15-22(33-24)19-10-6-7-11-21(19)26/h3-11,14-15H,12-13H2,1-2H3,(H,28,31)(H,29,32). The summed E-state index contributed by atoms with van der Waals surface area (Å²) >= 11 is 6.18. The minimum Gasteiger partial charge on any atom is -0.441 e. The number of hydrogen-bond donors (Lipinski definition) is 2. The molecule has 0 radical (unpaired) electrons. The molecule has 8 heteroatoms. The van der Waals surface area contributed by atoms with Gasteiger partial charge >= 0.3 is 0 Å².